The van der Waals surface area contributed by atoms with Gasteiger partial charge in [-0.05, 0) is 18.2 Å². The number of nitrogens with zero attached hydrogens (tertiary/aromatic N) is 2. The summed E-state index contributed by atoms with van der Waals surface area (Å²) in [5.74, 6) is -0.377. The summed E-state index contributed by atoms with van der Waals surface area (Å²) in [4.78, 5) is 4.69. The molecule has 0 radical (unpaired) electrons. The van der Waals surface area contributed by atoms with Gasteiger partial charge in [0.15, 0.2) is 11.6 Å². The van der Waals surface area contributed by atoms with Gasteiger partial charge >= 0.3 is 6.18 Å². The molecule has 1 aliphatic heterocycles. The highest BCUT2D eigenvalue weighted by atomic mass is 19.4. The van der Waals surface area contributed by atoms with E-state index in [0.29, 0.717) is 0 Å². The van der Waals surface area contributed by atoms with Gasteiger partial charge in [0.1, 0.15) is 5.70 Å². The Labute approximate surface area is 95.5 Å². The molecule has 1 aromatic rings. The van der Waals surface area contributed by atoms with Crippen LogP contribution >= 0.6 is 0 Å². The van der Waals surface area contributed by atoms with Crippen LogP contribution in [0.25, 0.3) is 0 Å². The molecule has 0 unspecified atom stereocenters. The molecule has 1 aliphatic rings. The number of anilines is 1. The summed E-state index contributed by atoms with van der Waals surface area (Å²) in [5, 5.41) is 9.52. The van der Waals surface area contributed by atoms with Crippen LogP contribution in [-0.4, -0.2) is 22.8 Å². The minimum Gasteiger partial charge on any atom is -0.504 e. The first-order chi connectivity index (χ1) is 8.00. The molecule has 0 atom stereocenters. The monoisotopic (exact) mass is 242 g/mol. The standard InChI is InChI=1S/C11H9F3N2O/c12-11(13,14)9-5-1-2-7-16(9)10-8(17)4-3-6-15-10/h1-6,17H,7H2. The molecule has 0 fully saturated rings. The molecular formula is C11H9F3N2O. The average molecular weight is 242 g/mol. The van der Waals surface area contributed by atoms with Crippen molar-refractivity contribution in [2.24, 2.45) is 0 Å². The Morgan fingerprint density at radius 1 is 1.35 bits per heavy atom. The van der Waals surface area contributed by atoms with Crippen LogP contribution in [0.2, 0.25) is 0 Å². The number of hydrogen-bond acceptors (Lipinski definition) is 3. The second-order valence-electron chi connectivity index (χ2n) is 3.43. The van der Waals surface area contributed by atoms with Crippen molar-refractivity contribution in [3.05, 3.63) is 42.3 Å². The second kappa shape index (κ2) is 4.12. The van der Waals surface area contributed by atoms with Crippen LogP contribution in [-0.2, 0) is 0 Å². The average Bonchev–Trinajstić information content (AvgIpc) is 2.28. The number of rotatable bonds is 1. The number of pyridine rings is 1. The first-order valence-electron chi connectivity index (χ1n) is 4.85. The maximum absolute atomic E-state index is 12.8. The minimum atomic E-state index is -4.48. The van der Waals surface area contributed by atoms with Gasteiger partial charge in [-0.25, -0.2) is 4.98 Å². The third kappa shape index (κ3) is 2.25. The van der Waals surface area contributed by atoms with Crippen molar-refractivity contribution in [1.82, 2.24) is 4.98 Å². The van der Waals surface area contributed by atoms with Crippen LogP contribution in [0.15, 0.2) is 42.3 Å². The normalized spacial score (nSPS) is 15.9. The summed E-state index contributed by atoms with van der Waals surface area (Å²) in [6, 6.07) is 2.75. The van der Waals surface area contributed by atoms with Crippen molar-refractivity contribution in [1.29, 1.82) is 0 Å². The first kappa shape index (κ1) is 11.5. The third-order valence-corrected chi connectivity index (χ3v) is 2.28. The molecular weight excluding hydrogens is 233 g/mol. The zero-order chi connectivity index (χ0) is 12.5. The van der Waals surface area contributed by atoms with Crippen LogP contribution in [0.5, 0.6) is 5.75 Å². The van der Waals surface area contributed by atoms with Crippen LogP contribution in [0, 0.1) is 0 Å². The summed E-state index contributed by atoms with van der Waals surface area (Å²) >= 11 is 0. The molecule has 0 bridgehead atoms. The van der Waals surface area contributed by atoms with E-state index in [0.717, 1.165) is 11.0 Å². The summed E-state index contributed by atoms with van der Waals surface area (Å²) < 4.78 is 38.3. The number of alkyl halides is 3. The fourth-order valence-electron chi connectivity index (χ4n) is 1.56. The van der Waals surface area contributed by atoms with Crippen LogP contribution < -0.4 is 4.90 Å². The smallest absolute Gasteiger partial charge is 0.431 e. The highest BCUT2D eigenvalue weighted by Gasteiger charge is 2.39. The minimum absolute atomic E-state index is 0.0237. The lowest BCUT2D eigenvalue weighted by molar-refractivity contribution is -0.0934. The lowest BCUT2D eigenvalue weighted by atomic mass is 10.2. The van der Waals surface area contributed by atoms with Crippen molar-refractivity contribution < 1.29 is 18.3 Å². The Hall–Kier alpha value is -1.98. The van der Waals surface area contributed by atoms with Gasteiger partial charge in [0.25, 0.3) is 0 Å². The van der Waals surface area contributed by atoms with Gasteiger partial charge < -0.3 is 10.0 Å². The fraction of sp³-hybridized carbons (Fsp3) is 0.182. The molecule has 1 aromatic heterocycles. The van der Waals surface area contributed by atoms with Crippen LogP contribution in [0.1, 0.15) is 0 Å². The lowest BCUT2D eigenvalue weighted by Crippen LogP contribution is -2.33. The molecule has 0 amide bonds. The maximum atomic E-state index is 12.8. The summed E-state index contributed by atoms with van der Waals surface area (Å²) in [5.41, 5.74) is -0.839. The van der Waals surface area contributed by atoms with Crippen molar-refractivity contribution in [3.8, 4) is 5.75 Å². The number of allylic oxidation sites excluding steroid dienone is 3. The molecule has 0 saturated carbocycles. The summed E-state index contributed by atoms with van der Waals surface area (Å²) in [6.07, 6.45) is 0.705. The molecule has 17 heavy (non-hydrogen) atoms. The van der Waals surface area contributed by atoms with E-state index in [4.69, 9.17) is 0 Å². The highest BCUT2D eigenvalue weighted by Crippen LogP contribution is 2.35. The molecule has 0 aromatic carbocycles. The Morgan fingerprint density at radius 3 is 2.76 bits per heavy atom. The van der Waals surface area contributed by atoms with Gasteiger partial charge in [-0.2, -0.15) is 13.2 Å². The predicted molar refractivity (Wildman–Crippen MR) is 56.5 cm³/mol. The molecule has 0 aliphatic carbocycles. The Morgan fingerprint density at radius 2 is 2.12 bits per heavy atom. The number of aromatic hydroxyl groups is 1. The molecule has 0 saturated heterocycles. The Balaban J connectivity index is 2.43. The van der Waals surface area contributed by atoms with Crippen molar-refractivity contribution >= 4 is 5.82 Å². The topological polar surface area (TPSA) is 36.4 Å². The van der Waals surface area contributed by atoms with E-state index in [1.54, 1.807) is 6.08 Å². The van der Waals surface area contributed by atoms with E-state index in [1.165, 1.54) is 24.4 Å². The highest BCUT2D eigenvalue weighted by molar-refractivity contribution is 5.58. The third-order valence-electron chi connectivity index (χ3n) is 2.28. The van der Waals surface area contributed by atoms with E-state index in [2.05, 4.69) is 4.98 Å². The number of halogens is 3. The summed E-state index contributed by atoms with van der Waals surface area (Å²) in [6.45, 7) is 0.0237. The predicted octanol–water partition coefficient (Wildman–Crippen LogP) is 2.61. The molecule has 6 heteroatoms. The Bertz CT molecular complexity index is 480. The molecule has 3 nitrogen and oxygen atoms in total. The fourth-order valence-corrected chi connectivity index (χ4v) is 1.56. The van der Waals surface area contributed by atoms with Gasteiger partial charge in [0.2, 0.25) is 0 Å². The Kier molecular flexibility index (Phi) is 2.79. The summed E-state index contributed by atoms with van der Waals surface area (Å²) in [7, 11) is 0. The quantitative estimate of drug-likeness (QED) is 0.822. The van der Waals surface area contributed by atoms with Gasteiger partial charge in [-0.3, -0.25) is 0 Å². The van der Waals surface area contributed by atoms with Crippen molar-refractivity contribution in [3.63, 3.8) is 0 Å². The van der Waals surface area contributed by atoms with Gasteiger partial charge in [-0.15, -0.1) is 0 Å². The maximum Gasteiger partial charge on any atom is 0.431 e. The van der Waals surface area contributed by atoms with Gasteiger partial charge in [0.05, 0.1) is 0 Å². The molecule has 1 N–H and O–H groups in total. The second-order valence-corrected chi connectivity index (χ2v) is 3.43. The zero-order valence-electron chi connectivity index (χ0n) is 8.65. The number of aromatic nitrogens is 1. The molecule has 90 valence electrons. The van der Waals surface area contributed by atoms with E-state index in [1.807, 2.05) is 0 Å². The van der Waals surface area contributed by atoms with Crippen LogP contribution in [0.4, 0.5) is 19.0 Å². The molecule has 2 heterocycles. The lowest BCUT2D eigenvalue weighted by Gasteiger charge is -2.28. The zero-order valence-corrected chi connectivity index (χ0v) is 8.65. The van der Waals surface area contributed by atoms with E-state index < -0.39 is 11.9 Å². The largest absolute Gasteiger partial charge is 0.504 e. The first-order valence-corrected chi connectivity index (χ1v) is 4.85. The molecule has 0 spiro atoms. The van der Waals surface area contributed by atoms with E-state index >= 15 is 0 Å². The molecule has 2 rings (SSSR count). The number of hydrogen-bond donors (Lipinski definition) is 1. The van der Waals surface area contributed by atoms with E-state index in [-0.39, 0.29) is 18.1 Å². The van der Waals surface area contributed by atoms with E-state index in [9.17, 15) is 18.3 Å². The van der Waals surface area contributed by atoms with Crippen molar-refractivity contribution in [2.45, 2.75) is 6.18 Å². The van der Waals surface area contributed by atoms with Gasteiger partial charge in [0, 0.05) is 12.7 Å². The van der Waals surface area contributed by atoms with Crippen LogP contribution in [0.3, 0.4) is 0 Å². The van der Waals surface area contributed by atoms with Gasteiger partial charge in [-0.1, -0.05) is 12.2 Å². The SMILES string of the molecule is Oc1cccnc1N1CC=CC=C1C(F)(F)F. The van der Waals surface area contributed by atoms with Crippen molar-refractivity contribution in [2.75, 3.05) is 11.4 Å².